The van der Waals surface area contributed by atoms with Crippen molar-refractivity contribution in [2.24, 2.45) is 0 Å². The molecule has 1 aromatic carbocycles. The van der Waals surface area contributed by atoms with Gasteiger partial charge in [-0.25, -0.2) is 17.9 Å². The Hall–Kier alpha value is -2.08. The number of aryl methyl sites for hydroxylation is 1. The first kappa shape index (κ1) is 17.3. The van der Waals surface area contributed by atoms with E-state index in [1.54, 1.807) is 18.2 Å². The molecule has 5 nitrogen and oxygen atoms in total. The van der Waals surface area contributed by atoms with Gasteiger partial charge in [-0.1, -0.05) is 36.3 Å². The van der Waals surface area contributed by atoms with E-state index < -0.39 is 16.1 Å². The molecule has 6 heteroatoms. The Balaban J connectivity index is 1.95. The number of allylic oxidation sites excluding steroid dienone is 2. The van der Waals surface area contributed by atoms with Crippen LogP contribution in [0, 0.1) is 6.92 Å². The molecule has 0 atom stereocenters. The predicted molar refractivity (Wildman–Crippen MR) is 88.3 cm³/mol. The molecule has 1 amide bonds. The number of rotatable bonds is 4. The number of hydrogen-bond donors (Lipinski definition) is 1. The van der Waals surface area contributed by atoms with Crippen LogP contribution in [0.4, 0.5) is 4.79 Å². The number of sulfonamides is 1. The molecule has 1 aliphatic carbocycles. The second-order valence-electron chi connectivity index (χ2n) is 5.64. The summed E-state index contributed by atoms with van der Waals surface area (Å²) in [4.78, 5) is 11.8. The van der Waals surface area contributed by atoms with Crippen molar-refractivity contribution in [2.75, 3.05) is 0 Å². The van der Waals surface area contributed by atoms with Gasteiger partial charge in [-0.2, -0.15) is 0 Å². The quantitative estimate of drug-likeness (QED) is 0.849. The summed E-state index contributed by atoms with van der Waals surface area (Å²) in [6.07, 6.45) is 6.04. The summed E-state index contributed by atoms with van der Waals surface area (Å²) >= 11 is 0. The van der Waals surface area contributed by atoms with Crippen LogP contribution in [-0.4, -0.2) is 14.5 Å². The number of nitrogens with one attached hydrogen (secondary N) is 1. The average molecular weight is 335 g/mol. The molecule has 1 fully saturated rings. The molecule has 1 aromatic rings. The number of carbonyl (C=O) groups excluding carboxylic acids is 1. The monoisotopic (exact) mass is 335 g/mol. The topological polar surface area (TPSA) is 72.5 Å². The van der Waals surface area contributed by atoms with Gasteiger partial charge in [0.25, 0.3) is 10.0 Å². The highest BCUT2D eigenvalue weighted by molar-refractivity contribution is 7.90. The molecule has 0 aliphatic heterocycles. The van der Waals surface area contributed by atoms with Gasteiger partial charge in [0, 0.05) is 0 Å². The summed E-state index contributed by atoms with van der Waals surface area (Å²) in [5.41, 5.74) is 2.11. The molecule has 0 spiro atoms. The zero-order valence-electron chi connectivity index (χ0n) is 13.2. The van der Waals surface area contributed by atoms with E-state index in [9.17, 15) is 13.2 Å². The van der Waals surface area contributed by atoms with Gasteiger partial charge in [-0.05, 0) is 50.8 Å². The van der Waals surface area contributed by atoms with Crippen LogP contribution in [0.2, 0.25) is 0 Å². The zero-order chi connectivity index (χ0) is 16.9. The molecule has 124 valence electrons. The van der Waals surface area contributed by atoms with E-state index in [4.69, 9.17) is 4.74 Å². The Morgan fingerprint density at radius 3 is 2.39 bits per heavy atom. The molecular formula is C17H21NO4S. The van der Waals surface area contributed by atoms with E-state index in [0.717, 1.165) is 31.2 Å². The first-order chi connectivity index (χ1) is 10.9. The lowest BCUT2D eigenvalue weighted by Crippen LogP contribution is -2.30. The summed E-state index contributed by atoms with van der Waals surface area (Å²) in [5, 5.41) is 0. The largest absolute Gasteiger partial charge is 0.426 e. The van der Waals surface area contributed by atoms with Crippen molar-refractivity contribution in [1.29, 1.82) is 0 Å². The van der Waals surface area contributed by atoms with Crippen LogP contribution in [0.15, 0.2) is 53.1 Å². The van der Waals surface area contributed by atoms with E-state index in [1.165, 1.54) is 24.1 Å². The Morgan fingerprint density at radius 1 is 1.17 bits per heavy atom. The molecule has 0 unspecified atom stereocenters. The number of hydrogen-bond acceptors (Lipinski definition) is 4. The maximum Gasteiger partial charge on any atom is 0.426 e. The Kier molecular flexibility index (Phi) is 5.60. The molecule has 0 heterocycles. The second kappa shape index (κ2) is 7.46. The summed E-state index contributed by atoms with van der Waals surface area (Å²) in [7, 11) is -3.94. The highest BCUT2D eigenvalue weighted by atomic mass is 32.2. The fraction of sp³-hybridized carbons (Fsp3) is 0.353. The van der Waals surface area contributed by atoms with Crippen LogP contribution in [-0.2, 0) is 14.8 Å². The SMILES string of the molecule is C=C(C=C1CCCCC1)OC(=O)NS(=O)(=O)c1ccc(C)cc1. The summed E-state index contributed by atoms with van der Waals surface area (Å²) in [5.74, 6) is 0.151. The van der Waals surface area contributed by atoms with Crippen LogP contribution in [0.1, 0.15) is 37.7 Å². The fourth-order valence-corrected chi connectivity index (χ4v) is 3.31. The molecule has 0 aromatic heterocycles. The van der Waals surface area contributed by atoms with Crippen molar-refractivity contribution in [2.45, 2.75) is 43.9 Å². The van der Waals surface area contributed by atoms with Gasteiger partial charge in [0.1, 0.15) is 5.76 Å². The lowest BCUT2D eigenvalue weighted by molar-refractivity contribution is 0.186. The summed E-state index contributed by atoms with van der Waals surface area (Å²) in [6.45, 7) is 5.50. The highest BCUT2D eigenvalue weighted by Crippen LogP contribution is 2.23. The van der Waals surface area contributed by atoms with Crippen molar-refractivity contribution in [1.82, 2.24) is 4.72 Å². The molecule has 2 rings (SSSR count). The zero-order valence-corrected chi connectivity index (χ0v) is 14.0. The normalized spacial score (nSPS) is 14.9. The molecule has 0 radical (unpaired) electrons. The van der Waals surface area contributed by atoms with Crippen molar-refractivity contribution in [3.05, 3.63) is 53.8 Å². The van der Waals surface area contributed by atoms with Crippen LogP contribution >= 0.6 is 0 Å². The van der Waals surface area contributed by atoms with E-state index >= 15 is 0 Å². The van der Waals surface area contributed by atoms with E-state index in [0.29, 0.717) is 0 Å². The predicted octanol–water partition coefficient (Wildman–Crippen LogP) is 3.81. The molecule has 1 aliphatic rings. The van der Waals surface area contributed by atoms with E-state index in [2.05, 4.69) is 6.58 Å². The first-order valence-corrected chi connectivity index (χ1v) is 9.05. The Bertz CT molecular complexity index is 709. The molecule has 0 bridgehead atoms. The van der Waals surface area contributed by atoms with Gasteiger partial charge in [0.05, 0.1) is 4.90 Å². The third-order valence-electron chi connectivity index (χ3n) is 3.63. The lowest BCUT2D eigenvalue weighted by atomic mass is 9.94. The molecule has 23 heavy (non-hydrogen) atoms. The van der Waals surface area contributed by atoms with E-state index in [-0.39, 0.29) is 10.7 Å². The minimum Gasteiger partial charge on any atom is -0.410 e. The van der Waals surface area contributed by atoms with Gasteiger partial charge in [-0.3, -0.25) is 0 Å². The summed E-state index contributed by atoms with van der Waals surface area (Å²) in [6, 6.07) is 6.19. The smallest absolute Gasteiger partial charge is 0.410 e. The molecular weight excluding hydrogens is 314 g/mol. The third kappa shape index (κ3) is 5.25. The number of ether oxygens (including phenoxy) is 1. The molecule has 1 N–H and O–H groups in total. The third-order valence-corrected chi connectivity index (χ3v) is 4.96. The standard InChI is InChI=1S/C17H21NO4S/c1-13-8-10-16(11-9-13)23(20,21)18-17(19)22-14(2)12-15-6-4-3-5-7-15/h8-12H,2-7H2,1H3,(H,18,19). The van der Waals surface area contributed by atoms with Gasteiger partial charge >= 0.3 is 6.09 Å². The van der Waals surface area contributed by atoms with Crippen molar-refractivity contribution >= 4 is 16.1 Å². The van der Waals surface area contributed by atoms with Crippen molar-refractivity contribution < 1.29 is 17.9 Å². The maximum absolute atomic E-state index is 12.1. The maximum atomic E-state index is 12.1. The van der Waals surface area contributed by atoms with Gasteiger partial charge < -0.3 is 4.74 Å². The van der Waals surface area contributed by atoms with Crippen molar-refractivity contribution in [3.63, 3.8) is 0 Å². The fourth-order valence-electron chi connectivity index (χ4n) is 2.43. The summed E-state index contributed by atoms with van der Waals surface area (Å²) < 4.78 is 31.0. The van der Waals surface area contributed by atoms with E-state index in [1.807, 2.05) is 11.6 Å². The second-order valence-corrected chi connectivity index (χ2v) is 7.32. The lowest BCUT2D eigenvalue weighted by Gasteiger charge is -2.14. The molecule has 1 saturated carbocycles. The van der Waals surface area contributed by atoms with Crippen LogP contribution < -0.4 is 4.72 Å². The Labute approximate surface area is 137 Å². The number of carbonyl (C=O) groups is 1. The number of amides is 1. The van der Waals surface area contributed by atoms with Gasteiger partial charge in [-0.15, -0.1) is 0 Å². The number of benzene rings is 1. The highest BCUT2D eigenvalue weighted by Gasteiger charge is 2.19. The minimum absolute atomic E-state index is 0.0105. The van der Waals surface area contributed by atoms with Crippen LogP contribution in [0.5, 0.6) is 0 Å². The average Bonchev–Trinajstić information content (AvgIpc) is 2.47. The minimum atomic E-state index is -3.94. The van der Waals surface area contributed by atoms with Gasteiger partial charge in [0.15, 0.2) is 0 Å². The van der Waals surface area contributed by atoms with Crippen LogP contribution in [0.25, 0.3) is 0 Å². The van der Waals surface area contributed by atoms with Crippen molar-refractivity contribution in [3.8, 4) is 0 Å². The molecule has 0 saturated heterocycles. The van der Waals surface area contributed by atoms with Gasteiger partial charge in [0.2, 0.25) is 0 Å². The van der Waals surface area contributed by atoms with Crippen LogP contribution in [0.3, 0.4) is 0 Å². The Morgan fingerprint density at radius 2 is 1.78 bits per heavy atom. The first-order valence-electron chi connectivity index (χ1n) is 7.56.